The first-order valence-electron chi connectivity index (χ1n) is 9.10. The van der Waals surface area contributed by atoms with E-state index in [1.165, 1.54) is 6.07 Å². The van der Waals surface area contributed by atoms with E-state index in [1.807, 2.05) is 54.6 Å². The van der Waals surface area contributed by atoms with Crippen molar-refractivity contribution in [2.24, 2.45) is 4.99 Å². The van der Waals surface area contributed by atoms with Gasteiger partial charge in [0, 0.05) is 11.3 Å². The number of benzene rings is 3. The third-order valence-corrected chi connectivity index (χ3v) is 6.02. The number of amidine groups is 1. The van der Waals surface area contributed by atoms with Crippen LogP contribution in [0.5, 0.6) is 0 Å². The second-order valence-electron chi connectivity index (χ2n) is 6.69. The molecular weight excluding hydrogens is 386 g/mol. The van der Waals surface area contributed by atoms with Gasteiger partial charge in [-0.15, -0.1) is 0 Å². The van der Waals surface area contributed by atoms with Gasteiger partial charge in [0.05, 0.1) is 4.90 Å². The molecule has 7 heteroatoms. The molecule has 1 aliphatic rings. The molecule has 0 aliphatic carbocycles. The Bertz CT molecular complexity index is 1190. The molecule has 0 saturated carbocycles. The number of sulfonamides is 1. The normalized spacial score (nSPS) is 16.7. The highest BCUT2D eigenvalue weighted by Crippen LogP contribution is 2.23. The van der Waals surface area contributed by atoms with E-state index >= 15 is 0 Å². The van der Waals surface area contributed by atoms with Crippen molar-refractivity contribution in [2.45, 2.75) is 17.9 Å². The molecule has 0 spiro atoms. The third-order valence-electron chi connectivity index (χ3n) is 4.62. The highest BCUT2D eigenvalue weighted by molar-refractivity contribution is 7.90. The van der Waals surface area contributed by atoms with Crippen LogP contribution in [0.25, 0.3) is 11.1 Å². The Kier molecular flexibility index (Phi) is 4.90. The zero-order chi connectivity index (χ0) is 20.4. The van der Waals surface area contributed by atoms with Crippen LogP contribution < -0.4 is 10.0 Å². The number of amides is 1. The Morgan fingerprint density at radius 3 is 2.24 bits per heavy atom. The number of carbonyl (C=O) groups excluding carboxylic acids is 1. The molecule has 1 aliphatic heterocycles. The third kappa shape index (κ3) is 3.90. The topological polar surface area (TPSA) is 87.6 Å². The van der Waals surface area contributed by atoms with Crippen molar-refractivity contribution in [2.75, 3.05) is 5.32 Å². The molecule has 0 unspecified atom stereocenters. The lowest BCUT2D eigenvalue weighted by atomic mass is 10.1. The SMILES string of the molecule is C[C@H](N=C1NS(=O)(=O)c2ccccc21)C(=O)Nc1ccc(-c2ccccc2)cc1. The van der Waals surface area contributed by atoms with Gasteiger partial charge in [-0.3, -0.25) is 14.5 Å². The van der Waals surface area contributed by atoms with Crippen molar-refractivity contribution in [1.82, 2.24) is 4.72 Å². The first-order valence-corrected chi connectivity index (χ1v) is 10.6. The number of nitrogens with one attached hydrogen (secondary N) is 2. The molecule has 2 N–H and O–H groups in total. The Morgan fingerprint density at radius 2 is 1.52 bits per heavy atom. The maximum Gasteiger partial charge on any atom is 0.263 e. The van der Waals surface area contributed by atoms with Crippen molar-refractivity contribution < 1.29 is 13.2 Å². The highest BCUT2D eigenvalue weighted by Gasteiger charge is 2.31. The number of aliphatic imine (C=N–C) groups is 1. The smallest absolute Gasteiger partial charge is 0.263 e. The molecule has 3 aromatic rings. The fourth-order valence-electron chi connectivity index (χ4n) is 3.11. The van der Waals surface area contributed by atoms with Gasteiger partial charge in [-0.25, -0.2) is 8.42 Å². The van der Waals surface area contributed by atoms with Crippen molar-refractivity contribution in [3.05, 3.63) is 84.4 Å². The van der Waals surface area contributed by atoms with Crippen LogP contribution in [0.15, 0.2) is 88.8 Å². The Hall–Kier alpha value is -3.45. The predicted molar refractivity (Wildman–Crippen MR) is 113 cm³/mol. The molecule has 1 heterocycles. The summed E-state index contributed by atoms with van der Waals surface area (Å²) in [5.41, 5.74) is 3.26. The summed E-state index contributed by atoms with van der Waals surface area (Å²) in [6.07, 6.45) is 0. The molecule has 1 atom stereocenters. The predicted octanol–water partition coefficient (Wildman–Crippen LogP) is 3.42. The molecule has 1 amide bonds. The summed E-state index contributed by atoms with van der Waals surface area (Å²) in [4.78, 5) is 17.0. The van der Waals surface area contributed by atoms with Gasteiger partial charge < -0.3 is 5.32 Å². The van der Waals surface area contributed by atoms with Gasteiger partial charge in [0.2, 0.25) is 5.91 Å². The monoisotopic (exact) mass is 405 g/mol. The fraction of sp³-hybridized carbons (Fsp3) is 0.0909. The second kappa shape index (κ2) is 7.52. The van der Waals surface area contributed by atoms with E-state index in [0.717, 1.165) is 11.1 Å². The minimum absolute atomic E-state index is 0.169. The lowest BCUT2D eigenvalue weighted by Gasteiger charge is -2.10. The van der Waals surface area contributed by atoms with Crippen LogP contribution in [0.1, 0.15) is 12.5 Å². The van der Waals surface area contributed by atoms with Gasteiger partial charge in [0.1, 0.15) is 11.9 Å². The van der Waals surface area contributed by atoms with Gasteiger partial charge in [0.15, 0.2) is 0 Å². The molecule has 0 fully saturated rings. The largest absolute Gasteiger partial charge is 0.324 e. The van der Waals surface area contributed by atoms with Gasteiger partial charge in [0.25, 0.3) is 10.0 Å². The summed E-state index contributed by atoms with van der Waals surface area (Å²) >= 11 is 0. The first-order chi connectivity index (χ1) is 13.9. The fourth-order valence-corrected chi connectivity index (χ4v) is 4.34. The minimum Gasteiger partial charge on any atom is -0.324 e. The van der Waals surface area contributed by atoms with Crippen molar-refractivity contribution >= 4 is 27.5 Å². The molecule has 0 saturated heterocycles. The standard InChI is InChI=1S/C22H19N3O3S/c1-15(23-21-19-9-5-6-10-20(19)29(27,28)25-21)22(26)24-18-13-11-17(12-14-18)16-7-3-2-4-8-16/h2-15H,1H3,(H,23,25)(H,24,26)/t15-/m0/s1. The molecular formula is C22H19N3O3S. The molecule has 0 bridgehead atoms. The summed E-state index contributed by atoms with van der Waals surface area (Å²) in [6, 6.07) is 23.3. The van der Waals surface area contributed by atoms with Crippen LogP contribution in [0.4, 0.5) is 5.69 Å². The van der Waals surface area contributed by atoms with Gasteiger partial charge in [-0.1, -0.05) is 54.6 Å². The number of nitrogens with zero attached hydrogens (tertiary/aromatic N) is 1. The van der Waals surface area contributed by atoms with Crippen LogP contribution in [0.2, 0.25) is 0 Å². The van der Waals surface area contributed by atoms with Crippen molar-refractivity contribution in [3.8, 4) is 11.1 Å². The molecule has 146 valence electrons. The quantitative estimate of drug-likeness (QED) is 0.697. The Labute approximate surface area is 169 Å². The van der Waals surface area contributed by atoms with Crippen LogP contribution in [0.3, 0.4) is 0 Å². The number of rotatable bonds is 4. The van der Waals surface area contributed by atoms with E-state index in [-0.39, 0.29) is 16.6 Å². The van der Waals surface area contributed by atoms with E-state index in [9.17, 15) is 13.2 Å². The van der Waals surface area contributed by atoms with Gasteiger partial charge >= 0.3 is 0 Å². The van der Waals surface area contributed by atoms with Crippen molar-refractivity contribution in [3.63, 3.8) is 0 Å². The number of anilines is 1. The van der Waals surface area contributed by atoms with Gasteiger partial charge in [-0.05, 0) is 42.3 Å². The van der Waals surface area contributed by atoms with E-state index in [1.54, 1.807) is 25.1 Å². The zero-order valence-corrected chi connectivity index (χ0v) is 16.5. The molecule has 0 radical (unpaired) electrons. The molecule has 6 nitrogen and oxygen atoms in total. The molecule has 29 heavy (non-hydrogen) atoms. The molecule has 3 aromatic carbocycles. The number of hydrogen-bond donors (Lipinski definition) is 2. The van der Waals surface area contributed by atoms with Crippen LogP contribution in [0, 0.1) is 0 Å². The summed E-state index contributed by atoms with van der Waals surface area (Å²) < 4.78 is 26.7. The maximum atomic E-state index is 12.5. The van der Waals surface area contributed by atoms with Crippen LogP contribution >= 0.6 is 0 Å². The number of carbonyl (C=O) groups is 1. The maximum absolute atomic E-state index is 12.5. The second-order valence-corrected chi connectivity index (χ2v) is 8.34. The lowest BCUT2D eigenvalue weighted by molar-refractivity contribution is -0.117. The average Bonchev–Trinajstić information content (AvgIpc) is 2.99. The Balaban J connectivity index is 1.49. The first kappa shape index (κ1) is 18.9. The zero-order valence-electron chi connectivity index (χ0n) is 15.7. The average molecular weight is 405 g/mol. The summed E-state index contributed by atoms with van der Waals surface area (Å²) in [5.74, 6) is -0.142. The lowest BCUT2D eigenvalue weighted by Crippen LogP contribution is -2.28. The highest BCUT2D eigenvalue weighted by atomic mass is 32.2. The number of hydrogen-bond acceptors (Lipinski definition) is 4. The van der Waals surface area contributed by atoms with Crippen LogP contribution in [-0.4, -0.2) is 26.2 Å². The van der Waals surface area contributed by atoms with E-state index in [4.69, 9.17) is 0 Å². The number of fused-ring (bicyclic) bond motifs is 1. The van der Waals surface area contributed by atoms with E-state index in [2.05, 4.69) is 15.0 Å². The summed E-state index contributed by atoms with van der Waals surface area (Å²) in [7, 11) is -3.63. The van der Waals surface area contributed by atoms with Crippen LogP contribution in [-0.2, 0) is 14.8 Å². The minimum atomic E-state index is -3.63. The van der Waals surface area contributed by atoms with Gasteiger partial charge in [-0.2, -0.15) is 0 Å². The van der Waals surface area contributed by atoms with E-state index in [0.29, 0.717) is 11.3 Å². The van der Waals surface area contributed by atoms with E-state index < -0.39 is 16.1 Å². The summed E-state index contributed by atoms with van der Waals surface area (Å²) in [5, 5.41) is 2.82. The Morgan fingerprint density at radius 1 is 0.897 bits per heavy atom. The van der Waals surface area contributed by atoms with Crippen molar-refractivity contribution in [1.29, 1.82) is 0 Å². The molecule has 4 rings (SSSR count). The molecule has 0 aromatic heterocycles. The summed E-state index contributed by atoms with van der Waals surface area (Å²) in [6.45, 7) is 1.62.